The molecule has 0 aliphatic carbocycles. The van der Waals surface area contributed by atoms with Crippen LogP contribution in [0, 0.1) is 0 Å². The molecule has 1 aromatic carbocycles. The summed E-state index contributed by atoms with van der Waals surface area (Å²) in [6.45, 7) is -0.341. The van der Waals surface area contributed by atoms with Gasteiger partial charge in [0, 0.05) is 24.5 Å². The molecular weight excluding hydrogens is 399 g/mol. The summed E-state index contributed by atoms with van der Waals surface area (Å²) in [5, 5.41) is 19.7. The highest BCUT2D eigenvalue weighted by Crippen LogP contribution is 2.48. The fourth-order valence-corrected chi connectivity index (χ4v) is 2.88. The zero-order valence-electron chi connectivity index (χ0n) is 13.3. The van der Waals surface area contributed by atoms with Crippen molar-refractivity contribution >= 4 is 17.3 Å². The van der Waals surface area contributed by atoms with Gasteiger partial charge in [-0.1, -0.05) is 23.7 Å². The molecule has 1 aromatic heterocycles. The fourth-order valence-electron chi connectivity index (χ4n) is 2.68. The standard InChI is InChI=1S/C16H12ClF5N2O3/c17-9-4-8(5-23-6-9)7-24-11-3-1-2-10(13(25)15(18,19)20)12(11)27-16(21,22)14(24)26/h1-6,13-14,25-26H,7H2/t13-,14?/m1/s1. The van der Waals surface area contributed by atoms with Crippen molar-refractivity contribution in [2.24, 2.45) is 0 Å². The first-order valence-corrected chi connectivity index (χ1v) is 7.87. The van der Waals surface area contributed by atoms with Crippen LogP contribution >= 0.6 is 11.6 Å². The number of hydrogen-bond acceptors (Lipinski definition) is 5. The van der Waals surface area contributed by atoms with Crippen molar-refractivity contribution in [3.63, 3.8) is 0 Å². The Kier molecular flexibility index (Phi) is 4.91. The fraction of sp³-hybridized carbons (Fsp3) is 0.312. The molecule has 2 heterocycles. The SMILES string of the molecule is OC1N(Cc2cncc(Cl)c2)c2cccc([C@@H](O)C(F)(F)F)c2OC1(F)F. The predicted molar refractivity (Wildman–Crippen MR) is 84.5 cm³/mol. The summed E-state index contributed by atoms with van der Waals surface area (Å²) < 4.78 is 71.3. The average Bonchev–Trinajstić information content (AvgIpc) is 2.57. The number of halogens is 6. The molecule has 0 fully saturated rings. The number of hydrogen-bond donors (Lipinski definition) is 2. The molecule has 1 aliphatic rings. The molecule has 1 unspecified atom stereocenters. The number of fused-ring (bicyclic) bond motifs is 1. The highest BCUT2D eigenvalue weighted by molar-refractivity contribution is 6.30. The maximum atomic E-state index is 14.1. The number of benzene rings is 1. The molecular formula is C16H12ClF5N2O3. The molecule has 3 rings (SSSR count). The second kappa shape index (κ2) is 6.77. The number of aliphatic hydroxyl groups is 2. The molecule has 146 valence electrons. The quantitative estimate of drug-likeness (QED) is 0.756. The summed E-state index contributed by atoms with van der Waals surface area (Å²) in [4.78, 5) is 4.55. The zero-order valence-corrected chi connectivity index (χ0v) is 14.0. The Morgan fingerprint density at radius 2 is 2.00 bits per heavy atom. The van der Waals surface area contributed by atoms with Crippen LogP contribution in [-0.4, -0.2) is 33.7 Å². The van der Waals surface area contributed by atoms with E-state index in [0.717, 1.165) is 17.0 Å². The van der Waals surface area contributed by atoms with E-state index in [0.29, 0.717) is 5.56 Å². The highest BCUT2D eigenvalue weighted by atomic mass is 35.5. The summed E-state index contributed by atoms with van der Waals surface area (Å²) in [6.07, 6.45) is -12.2. The van der Waals surface area contributed by atoms with Gasteiger partial charge in [-0.2, -0.15) is 22.0 Å². The molecule has 2 atom stereocenters. The maximum absolute atomic E-state index is 14.1. The topological polar surface area (TPSA) is 65.8 Å². The Hall–Kier alpha value is -2.17. The van der Waals surface area contributed by atoms with Crippen LogP contribution in [0.15, 0.2) is 36.7 Å². The molecule has 0 bridgehead atoms. The Morgan fingerprint density at radius 1 is 1.30 bits per heavy atom. The van der Waals surface area contributed by atoms with E-state index in [9.17, 15) is 32.2 Å². The van der Waals surface area contributed by atoms with E-state index in [2.05, 4.69) is 9.72 Å². The third-order valence-electron chi connectivity index (χ3n) is 3.89. The summed E-state index contributed by atoms with van der Waals surface area (Å²) in [7, 11) is 0. The molecule has 5 nitrogen and oxygen atoms in total. The number of aliphatic hydroxyl groups excluding tert-OH is 2. The summed E-state index contributed by atoms with van der Waals surface area (Å²) >= 11 is 5.80. The van der Waals surface area contributed by atoms with Crippen molar-refractivity contribution in [3.05, 3.63) is 52.8 Å². The van der Waals surface area contributed by atoms with Crippen molar-refractivity contribution in [2.75, 3.05) is 4.90 Å². The molecule has 0 radical (unpaired) electrons. The van der Waals surface area contributed by atoms with Gasteiger partial charge in [0.1, 0.15) is 0 Å². The molecule has 2 N–H and O–H groups in total. The lowest BCUT2D eigenvalue weighted by Gasteiger charge is -2.40. The first-order chi connectivity index (χ1) is 12.5. The van der Waals surface area contributed by atoms with Gasteiger partial charge < -0.3 is 19.8 Å². The lowest BCUT2D eigenvalue weighted by atomic mass is 10.0. The van der Waals surface area contributed by atoms with Crippen molar-refractivity contribution in [3.8, 4) is 5.75 Å². The van der Waals surface area contributed by atoms with Crippen LogP contribution < -0.4 is 9.64 Å². The smallest absolute Gasteiger partial charge is 0.427 e. The third-order valence-corrected chi connectivity index (χ3v) is 4.09. The Morgan fingerprint density at radius 3 is 2.63 bits per heavy atom. The molecule has 0 amide bonds. The Bertz CT molecular complexity index is 849. The molecule has 0 saturated heterocycles. The van der Waals surface area contributed by atoms with Crippen molar-refractivity contribution < 1.29 is 36.9 Å². The number of alkyl halides is 5. The predicted octanol–water partition coefficient (Wildman–Crippen LogP) is 3.64. The minimum Gasteiger partial charge on any atom is -0.427 e. The number of para-hydroxylation sites is 1. The van der Waals surface area contributed by atoms with E-state index in [1.807, 2.05) is 0 Å². The first kappa shape index (κ1) is 19.6. The van der Waals surface area contributed by atoms with Crippen LogP contribution in [0.25, 0.3) is 0 Å². The van der Waals surface area contributed by atoms with Gasteiger partial charge >= 0.3 is 12.3 Å². The van der Waals surface area contributed by atoms with E-state index in [4.69, 9.17) is 11.6 Å². The van der Waals surface area contributed by atoms with Gasteiger partial charge in [0.05, 0.1) is 10.7 Å². The maximum Gasteiger partial charge on any atom is 0.444 e. The molecule has 27 heavy (non-hydrogen) atoms. The minimum atomic E-state index is -5.09. The third kappa shape index (κ3) is 3.78. The van der Waals surface area contributed by atoms with E-state index in [1.165, 1.54) is 24.5 Å². The van der Waals surface area contributed by atoms with Crippen molar-refractivity contribution in [2.45, 2.75) is 31.2 Å². The first-order valence-electron chi connectivity index (χ1n) is 7.49. The zero-order chi connectivity index (χ0) is 20.0. The second-order valence-electron chi connectivity index (χ2n) is 5.82. The molecule has 2 aromatic rings. The summed E-state index contributed by atoms with van der Waals surface area (Å²) in [6, 6.07) is 4.55. The lowest BCUT2D eigenvalue weighted by molar-refractivity contribution is -0.248. The van der Waals surface area contributed by atoms with E-state index >= 15 is 0 Å². The largest absolute Gasteiger partial charge is 0.444 e. The van der Waals surface area contributed by atoms with E-state index < -0.39 is 35.9 Å². The van der Waals surface area contributed by atoms with Crippen molar-refractivity contribution in [1.29, 1.82) is 0 Å². The Labute approximate surface area is 154 Å². The number of aromatic nitrogens is 1. The monoisotopic (exact) mass is 410 g/mol. The number of nitrogens with zero attached hydrogens (tertiary/aromatic N) is 2. The van der Waals surface area contributed by atoms with E-state index in [-0.39, 0.29) is 17.3 Å². The molecule has 1 aliphatic heterocycles. The van der Waals surface area contributed by atoms with Gasteiger partial charge in [-0.15, -0.1) is 0 Å². The number of ether oxygens (including phenoxy) is 1. The Balaban J connectivity index is 2.09. The molecule has 11 heteroatoms. The van der Waals surface area contributed by atoms with Gasteiger partial charge in [0.2, 0.25) is 6.23 Å². The highest BCUT2D eigenvalue weighted by Gasteiger charge is 2.52. The van der Waals surface area contributed by atoms with Crippen LogP contribution in [0.2, 0.25) is 5.02 Å². The van der Waals surface area contributed by atoms with Crippen LogP contribution in [-0.2, 0) is 6.54 Å². The van der Waals surface area contributed by atoms with Crippen LogP contribution in [0.5, 0.6) is 5.75 Å². The molecule has 0 saturated carbocycles. The number of rotatable bonds is 3. The van der Waals surface area contributed by atoms with Gasteiger partial charge in [-0.25, -0.2) is 0 Å². The number of pyridine rings is 1. The van der Waals surface area contributed by atoms with Gasteiger partial charge in [0.15, 0.2) is 11.9 Å². The van der Waals surface area contributed by atoms with Gasteiger partial charge in [0.25, 0.3) is 0 Å². The molecule has 0 spiro atoms. The van der Waals surface area contributed by atoms with Crippen molar-refractivity contribution in [1.82, 2.24) is 4.98 Å². The average molecular weight is 411 g/mol. The van der Waals surface area contributed by atoms with Gasteiger partial charge in [-0.3, -0.25) is 4.98 Å². The summed E-state index contributed by atoms with van der Waals surface area (Å²) in [5.41, 5.74) is -0.804. The number of anilines is 1. The van der Waals surface area contributed by atoms with Crippen LogP contribution in [0.3, 0.4) is 0 Å². The van der Waals surface area contributed by atoms with Gasteiger partial charge in [-0.05, 0) is 17.7 Å². The second-order valence-corrected chi connectivity index (χ2v) is 6.25. The normalized spacial score (nSPS) is 20.0. The van der Waals surface area contributed by atoms with Crippen LogP contribution in [0.1, 0.15) is 17.2 Å². The summed E-state index contributed by atoms with van der Waals surface area (Å²) in [5.74, 6) is -0.868. The minimum absolute atomic E-state index is 0.212. The van der Waals surface area contributed by atoms with E-state index in [1.54, 1.807) is 0 Å². The lowest BCUT2D eigenvalue weighted by Crippen LogP contribution is -2.54. The van der Waals surface area contributed by atoms with Crippen LogP contribution in [0.4, 0.5) is 27.6 Å².